The van der Waals surface area contributed by atoms with Gasteiger partial charge < -0.3 is 15.0 Å². The van der Waals surface area contributed by atoms with Crippen molar-refractivity contribution in [3.8, 4) is 22.4 Å². The molecule has 32 heavy (non-hydrogen) atoms. The monoisotopic (exact) mass is 428 g/mol. The first-order valence-corrected chi connectivity index (χ1v) is 11.1. The number of carbonyl (C=O) groups excluding carboxylic acids is 1. The van der Waals surface area contributed by atoms with E-state index in [0.29, 0.717) is 5.56 Å². The maximum absolute atomic E-state index is 12.8. The SMILES string of the molecule is Cc1c(-c2ccccc2-c2nc3cc(C(=O)NC4CCNCC4)ccn3c2C)cnn1C. The summed E-state index contributed by atoms with van der Waals surface area (Å²) in [4.78, 5) is 17.8. The normalized spacial score (nSPS) is 14.7. The van der Waals surface area contributed by atoms with Gasteiger partial charge in [-0.15, -0.1) is 0 Å². The van der Waals surface area contributed by atoms with Gasteiger partial charge in [0.1, 0.15) is 5.65 Å². The molecule has 1 aromatic carbocycles. The third-order valence-corrected chi connectivity index (χ3v) is 6.51. The maximum atomic E-state index is 12.8. The van der Waals surface area contributed by atoms with Crippen molar-refractivity contribution in [2.45, 2.75) is 32.7 Å². The number of hydrogen-bond donors (Lipinski definition) is 2. The van der Waals surface area contributed by atoms with Gasteiger partial charge in [-0.2, -0.15) is 5.10 Å². The second-order valence-corrected chi connectivity index (χ2v) is 8.50. The lowest BCUT2D eigenvalue weighted by molar-refractivity contribution is 0.0929. The van der Waals surface area contributed by atoms with Crippen molar-refractivity contribution in [3.05, 3.63) is 65.7 Å². The van der Waals surface area contributed by atoms with Gasteiger partial charge in [0.25, 0.3) is 5.91 Å². The quantitative estimate of drug-likeness (QED) is 0.522. The highest BCUT2D eigenvalue weighted by atomic mass is 16.1. The third-order valence-electron chi connectivity index (χ3n) is 6.51. The summed E-state index contributed by atoms with van der Waals surface area (Å²) < 4.78 is 3.93. The Morgan fingerprint density at radius 2 is 1.81 bits per heavy atom. The van der Waals surface area contributed by atoms with Crippen molar-refractivity contribution in [2.24, 2.45) is 7.05 Å². The molecule has 1 saturated heterocycles. The molecular weight excluding hydrogens is 400 g/mol. The number of imidazole rings is 1. The molecule has 1 amide bonds. The van der Waals surface area contributed by atoms with Gasteiger partial charge in [-0.3, -0.25) is 9.48 Å². The molecule has 0 radical (unpaired) electrons. The van der Waals surface area contributed by atoms with Crippen LogP contribution in [0.1, 0.15) is 34.6 Å². The Balaban J connectivity index is 1.52. The predicted octanol–water partition coefficient (Wildman–Crippen LogP) is 3.50. The van der Waals surface area contributed by atoms with Crippen molar-refractivity contribution in [1.29, 1.82) is 0 Å². The predicted molar refractivity (Wildman–Crippen MR) is 126 cm³/mol. The van der Waals surface area contributed by atoms with Crippen molar-refractivity contribution in [1.82, 2.24) is 29.8 Å². The van der Waals surface area contributed by atoms with Gasteiger partial charge in [0.15, 0.2) is 0 Å². The first-order chi connectivity index (χ1) is 15.5. The highest BCUT2D eigenvalue weighted by Crippen LogP contribution is 2.35. The van der Waals surface area contributed by atoms with Crippen LogP contribution >= 0.6 is 0 Å². The van der Waals surface area contributed by atoms with Gasteiger partial charge in [-0.1, -0.05) is 24.3 Å². The zero-order valence-electron chi connectivity index (χ0n) is 18.7. The van der Waals surface area contributed by atoms with Gasteiger partial charge in [0, 0.05) is 47.4 Å². The molecule has 0 spiro atoms. The molecule has 0 atom stereocenters. The Morgan fingerprint density at radius 3 is 2.53 bits per heavy atom. The second kappa shape index (κ2) is 8.24. The molecule has 4 heterocycles. The first kappa shape index (κ1) is 20.5. The molecule has 1 aliphatic heterocycles. The van der Waals surface area contributed by atoms with Gasteiger partial charge >= 0.3 is 0 Å². The summed E-state index contributed by atoms with van der Waals surface area (Å²) in [5, 5.41) is 10.9. The van der Waals surface area contributed by atoms with Crippen molar-refractivity contribution in [3.63, 3.8) is 0 Å². The lowest BCUT2D eigenvalue weighted by Gasteiger charge is -2.23. The van der Waals surface area contributed by atoms with Crippen LogP contribution in [-0.4, -0.2) is 44.2 Å². The number of hydrogen-bond acceptors (Lipinski definition) is 4. The van der Waals surface area contributed by atoms with E-state index in [-0.39, 0.29) is 11.9 Å². The number of benzene rings is 1. The molecule has 3 aromatic heterocycles. The molecule has 0 unspecified atom stereocenters. The van der Waals surface area contributed by atoms with E-state index in [1.165, 1.54) is 0 Å². The highest BCUT2D eigenvalue weighted by molar-refractivity contribution is 5.95. The van der Waals surface area contributed by atoms with Crippen LogP contribution in [0.3, 0.4) is 0 Å². The van der Waals surface area contributed by atoms with Crippen molar-refractivity contribution in [2.75, 3.05) is 13.1 Å². The molecule has 1 aliphatic rings. The summed E-state index contributed by atoms with van der Waals surface area (Å²) in [5.41, 5.74) is 7.74. The minimum Gasteiger partial charge on any atom is -0.349 e. The summed E-state index contributed by atoms with van der Waals surface area (Å²) in [6.07, 6.45) is 5.77. The lowest BCUT2D eigenvalue weighted by atomic mass is 9.97. The van der Waals surface area contributed by atoms with Crippen LogP contribution in [0.4, 0.5) is 0 Å². The molecule has 4 aromatic rings. The minimum atomic E-state index is -0.0343. The Kier molecular flexibility index (Phi) is 5.27. The minimum absolute atomic E-state index is 0.0343. The molecule has 7 nitrogen and oxygen atoms in total. The number of piperidine rings is 1. The van der Waals surface area contributed by atoms with E-state index in [1.807, 2.05) is 52.8 Å². The Labute approximate surface area is 187 Å². The summed E-state index contributed by atoms with van der Waals surface area (Å²) in [6.45, 7) is 6.03. The number of fused-ring (bicyclic) bond motifs is 1. The van der Waals surface area contributed by atoms with Crippen molar-refractivity contribution >= 4 is 11.6 Å². The van der Waals surface area contributed by atoms with E-state index < -0.39 is 0 Å². The number of aryl methyl sites for hydroxylation is 2. The molecule has 2 N–H and O–H groups in total. The van der Waals surface area contributed by atoms with Crippen LogP contribution in [0, 0.1) is 13.8 Å². The average molecular weight is 429 g/mol. The molecular formula is C25H28N6O. The van der Waals surface area contributed by atoms with Crippen LogP contribution < -0.4 is 10.6 Å². The molecule has 5 rings (SSSR count). The number of pyridine rings is 1. The van der Waals surface area contributed by atoms with E-state index >= 15 is 0 Å². The van der Waals surface area contributed by atoms with Crippen LogP contribution in [0.2, 0.25) is 0 Å². The smallest absolute Gasteiger partial charge is 0.251 e. The Hall–Kier alpha value is -3.45. The molecule has 164 valence electrons. The average Bonchev–Trinajstić information content (AvgIpc) is 3.33. The third kappa shape index (κ3) is 3.58. The number of carbonyl (C=O) groups is 1. The summed E-state index contributed by atoms with van der Waals surface area (Å²) in [7, 11) is 1.95. The van der Waals surface area contributed by atoms with Crippen LogP contribution in [0.5, 0.6) is 0 Å². The fourth-order valence-corrected chi connectivity index (χ4v) is 4.49. The molecule has 0 bridgehead atoms. The first-order valence-electron chi connectivity index (χ1n) is 11.1. The summed E-state index contributed by atoms with van der Waals surface area (Å²) in [6, 6.07) is 12.3. The van der Waals surface area contributed by atoms with Crippen molar-refractivity contribution < 1.29 is 4.79 Å². The number of nitrogens with one attached hydrogen (secondary N) is 2. The number of amides is 1. The van der Waals surface area contributed by atoms with Gasteiger partial charge in [-0.25, -0.2) is 4.98 Å². The topological polar surface area (TPSA) is 76.2 Å². The van der Waals surface area contributed by atoms with E-state index in [9.17, 15) is 4.79 Å². The fourth-order valence-electron chi connectivity index (χ4n) is 4.49. The zero-order chi connectivity index (χ0) is 22.2. The van der Waals surface area contributed by atoms with E-state index in [0.717, 1.165) is 65.4 Å². The van der Waals surface area contributed by atoms with Crippen LogP contribution in [0.25, 0.3) is 28.0 Å². The van der Waals surface area contributed by atoms with E-state index in [1.54, 1.807) is 0 Å². The second-order valence-electron chi connectivity index (χ2n) is 8.50. The molecule has 7 heteroatoms. The van der Waals surface area contributed by atoms with E-state index in [4.69, 9.17) is 4.98 Å². The van der Waals surface area contributed by atoms with E-state index in [2.05, 4.69) is 41.7 Å². The summed E-state index contributed by atoms with van der Waals surface area (Å²) >= 11 is 0. The largest absolute Gasteiger partial charge is 0.349 e. The molecule has 0 saturated carbocycles. The standard InChI is InChI=1S/C25H28N6O/c1-16-22(15-27-30(16)3)20-6-4-5-7-21(20)24-17(2)31-13-10-18(14-23(31)29-24)25(32)28-19-8-11-26-12-9-19/h4-7,10,13-15,19,26H,8-9,11-12H2,1-3H3,(H,28,32). The Morgan fingerprint density at radius 1 is 1.06 bits per heavy atom. The maximum Gasteiger partial charge on any atom is 0.251 e. The summed E-state index contributed by atoms with van der Waals surface area (Å²) in [5.74, 6) is -0.0343. The lowest BCUT2D eigenvalue weighted by Crippen LogP contribution is -2.42. The Bertz CT molecular complexity index is 1300. The van der Waals surface area contributed by atoms with Crippen LogP contribution in [-0.2, 0) is 7.05 Å². The van der Waals surface area contributed by atoms with Gasteiger partial charge in [0.2, 0.25) is 0 Å². The number of aromatic nitrogens is 4. The van der Waals surface area contributed by atoms with Gasteiger partial charge in [-0.05, 0) is 57.5 Å². The molecule has 0 aliphatic carbocycles. The molecule has 1 fully saturated rings. The fraction of sp³-hybridized carbons (Fsp3) is 0.320. The number of nitrogens with zero attached hydrogens (tertiary/aromatic N) is 4. The zero-order valence-corrected chi connectivity index (χ0v) is 18.7. The highest BCUT2D eigenvalue weighted by Gasteiger charge is 2.20. The number of rotatable bonds is 4. The van der Waals surface area contributed by atoms with Gasteiger partial charge in [0.05, 0.1) is 11.9 Å². The van der Waals surface area contributed by atoms with Crippen LogP contribution in [0.15, 0.2) is 48.8 Å².